The van der Waals surface area contributed by atoms with Crippen LogP contribution in [0.5, 0.6) is 0 Å². The minimum absolute atomic E-state index is 0.164. The highest BCUT2D eigenvalue weighted by Crippen LogP contribution is 2.06. The van der Waals surface area contributed by atoms with Crippen LogP contribution in [0.1, 0.15) is 11.4 Å². The number of hydrogen-bond acceptors (Lipinski definition) is 10. The van der Waals surface area contributed by atoms with Crippen molar-refractivity contribution in [3.05, 3.63) is 47.8 Å². The van der Waals surface area contributed by atoms with E-state index in [9.17, 15) is 25.3 Å². The molecule has 0 aliphatic rings. The van der Waals surface area contributed by atoms with Crippen LogP contribution < -0.4 is 10.3 Å². The molecule has 15 heteroatoms. The van der Waals surface area contributed by atoms with Crippen LogP contribution in [0.4, 0.5) is 0 Å². The molecule has 0 spiro atoms. The lowest BCUT2D eigenvalue weighted by Crippen LogP contribution is -2.15. The van der Waals surface area contributed by atoms with Gasteiger partial charge in [0.1, 0.15) is 6.61 Å². The van der Waals surface area contributed by atoms with Gasteiger partial charge in [-0.05, 0) is 24.3 Å². The Balaban J connectivity index is 0.000000292. The standard InChI is InChI=1S/C7H10N2O5S2.C6H8N2O3S/c1-15(10,11)14-5-6-3-2-4-7(9-6)16(8,12)13;7-12(10,11)6-3-1-2-5(4-9)8-6/h2-4H,5H2,1H3,(H2,8,12,13);1-3,9H,4H2,(H2,7,10,11). The Morgan fingerprint density at radius 1 is 0.857 bits per heavy atom. The molecule has 156 valence electrons. The van der Waals surface area contributed by atoms with E-state index in [4.69, 9.17) is 15.4 Å². The van der Waals surface area contributed by atoms with Crippen LogP contribution >= 0.6 is 0 Å². The maximum absolute atomic E-state index is 10.9. The predicted molar refractivity (Wildman–Crippen MR) is 96.8 cm³/mol. The molecule has 28 heavy (non-hydrogen) atoms. The van der Waals surface area contributed by atoms with Gasteiger partial charge >= 0.3 is 0 Å². The lowest BCUT2D eigenvalue weighted by atomic mass is 10.4. The third-order valence-corrected chi connectivity index (χ3v) is 4.90. The molecule has 0 unspecified atom stereocenters. The molecule has 5 N–H and O–H groups in total. The van der Waals surface area contributed by atoms with E-state index in [0.29, 0.717) is 0 Å². The van der Waals surface area contributed by atoms with Crippen molar-refractivity contribution >= 4 is 30.2 Å². The summed E-state index contributed by atoms with van der Waals surface area (Å²) in [4.78, 5) is 7.24. The first-order chi connectivity index (χ1) is 12.7. The highest BCUT2D eigenvalue weighted by molar-refractivity contribution is 7.89. The van der Waals surface area contributed by atoms with Gasteiger partial charge in [-0.1, -0.05) is 12.1 Å². The lowest BCUT2D eigenvalue weighted by molar-refractivity contribution is 0.276. The lowest BCUT2D eigenvalue weighted by Gasteiger charge is -2.02. The Morgan fingerprint density at radius 2 is 1.29 bits per heavy atom. The molecule has 0 aromatic carbocycles. The van der Waals surface area contributed by atoms with E-state index in [1.54, 1.807) is 0 Å². The molecule has 0 fully saturated rings. The van der Waals surface area contributed by atoms with Crippen LogP contribution in [-0.4, -0.2) is 46.6 Å². The van der Waals surface area contributed by atoms with Crippen LogP contribution in [0.15, 0.2) is 46.5 Å². The zero-order valence-electron chi connectivity index (χ0n) is 14.5. The largest absolute Gasteiger partial charge is 0.390 e. The van der Waals surface area contributed by atoms with Gasteiger partial charge in [0.2, 0.25) is 0 Å². The Labute approximate surface area is 162 Å². The number of aliphatic hydroxyl groups excluding tert-OH is 1. The number of hydrogen-bond donors (Lipinski definition) is 3. The maximum atomic E-state index is 10.9. The van der Waals surface area contributed by atoms with Gasteiger partial charge in [-0.2, -0.15) is 8.42 Å². The second-order valence-electron chi connectivity index (χ2n) is 5.15. The van der Waals surface area contributed by atoms with Crippen molar-refractivity contribution in [3.8, 4) is 0 Å². The first kappa shape index (κ1) is 24.0. The molecule has 0 amide bonds. The molecule has 0 saturated carbocycles. The van der Waals surface area contributed by atoms with Gasteiger partial charge in [-0.25, -0.2) is 37.1 Å². The van der Waals surface area contributed by atoms with Crippen LogP contribution in [0.2, 0.25) is 0 Å². The number of rotatable bonds is 6. The molecule has 2 aromatic heterocycles. The Kier molecular flexibility index (Phi) is 8.12. The number of nitrogens with two attached hydrogens (primary N) is 2. The molecule has 0 aliphatic carbocycles. The monoisotopic (exact) mass is 454 g/mol. The minimum Gasteiger partial charge on any atom is -0.390 e. The van der Waals surface area contributed by atoms with Crippen molar-refractivity contribution in [2.24, 2.45) is 10.3 Å². The fourth-order valence-corrected chi connectivity index (χ4v) is 2.93. The summed E-state index contributed by atoms with van der Waals surface area (Å²) in [6.07, 6.45) is 0.885. The normalized spacial score (nSPS) is 12.1. The summed E-state index contributed by atoms with van der Waals surface area (Å²) in [5, 5.41) is 17.7. The number of aliphatic hydroxyl groups is 1. The summed E-state index contributed by atoms with van der Waals surface area (Å²) < 4.78 is 69.2. The average molecular weight is 455 g/mol. The predicted octanol–water partition coefficient (Wildman–Crippen LogP) is -1.57. The number of primary sulfonamides is 2. The molecule has 0 saturated heterocycles. The van der Waals surface area contributed by atoms with Gasteiger partial charge in [0.05, 0.1) is 24.3 Å². The first-order valence-corrected chi connectivity index (χ1v) is 12.1. The molecule has 0 aliphatic heterocycles. The molecule has 0 atom stereocenters. The minimum atomic E-state index is -3.90. The maximum Gasteiger partial charge on any atom is 0.264 e. The van der Waals surface area contributed by atoms with E-state index in [-0.39, 0.29) is 34.7 Å². The van der Waals surface area contributed by atoms with E-state index in [0.717, 1.165) is 6.26 Å². The number of aromatic nitrogens is 2. The zero-order chi connectivity index (χ0) is 21.6. The molecule has 12 nitrogen and oxygen atoms in total. The second-order valence-corrected chi connectivity index (χ2v) is 9.81. The highest BCUT2D eigenvalue weighted by Gasteiger charge is 2.11. The fraction of sp³-hybridized carbons (Fsp3) is 0.231. The quantitative estimate of drug-likeness (QED) is 0.427. The SMILES string of the molecule is CS(=O)(=O)OCc1cccc(S(N)(=O)=O)n1.NS(=O)(=O)c1cccc(CO)n1. The van der Waals surface area contributed by atoms with Crippen molar-refractivity contribution in [3.63, 3.8) is 0 Å². The van der Waals surface area contributed by atoms with E-state index >= 15 is 0 Å². The van der Waals surface area contributed by atoms with Gasteiger partial charge in [0.15, 0.2) is 10.1 Å². The zero-order valence-corrected chi connectivity index (χ0v) is 16.9. The summed E-state index contributed by atoms with van der Waals surface area (Å²) in [5.74, 6) is 0. The summed E-state index contributed by atoms with van der Waals surface area (Å²) in [7, 11) is -11.2. The van der Waals surface area contributed by atoms with Gasteiger partial charge in [-0.15, -0.1) is 0 Å². The molecule has 2 rings (SSSR count). The van der Waals surface area contributed by atoms with Crippen LogP contribution in [0.3, 0.4) is 0 Å². The first-order valence-electron chi connectivity index (χ1n) is 7.15. The average Bonchev–Trinajstić information content (AvgIpc) is 2.59. The van der Waals surface area contributed by atoms with Crippen LogP contribution in [-0.2, 0) is 47.6 Å². The van der Waals surface area contributed by atoms with Gasteiger partial charge < -0.3 is 5.11 Å². The van der Waals surface area contributed by atoms with Crippen LogP contribution in [0, 0.1) is 0 Å². The topological polar surface area (TPSA) is 210 Å². The molecular weight excluding hydrogens is 436 g/mol. The number of nitrogens with zero attached hydrogens (tertiary/aromatic N) is 2. The summed E-state index contributed by atoms with van der Waals surface area (Å²) in [6, 6.07) is 8.29. The molecule has 2 aromatic rings. The van der Waals surface area contributed by atoms with Crippen molar-refractivity contribution in [1.29, 1.82) is 0 Å². The van der Waals surface area contributed by atoms with Crippen molar-refractivity contribution in [1.82, 2.24) is 9.97 Å². The summed E-state index contributed by atoms with van der Waals surface area (Å²) in [5.41, 5.74) is 0.443. The third kappa shape index (κ3) is 8.79. The molecular formula is C13H18N4O8S3. The van der Waals surface area contributed by atoms with Gasteiger partial charge in [0, 0.05) is 0 Å². The van der Waals surface area contributed by atoms with Crippen molar-refractivity contribution < 1.29 is 34.5 Å². The second kappa shape index (κ2) is 9.46. The van der Waals surface area contributed by atoms with Crippen molar-refractivity contribution in [2.45, 2.75) is 23.3 Å². The van der Waals surface area contributed by atoms with E-state index in [2.05, 4.69) is 14.2 Å². The Bertz CT molecular complexity index is 1130. The van der Waals surface area contributed by atoms with Crippen LogP contribution in [0.25, 0.3) is 0 Å². The van der Waals surface area contributed by atoms with E-state index < -0.39 is 30.2 Å². The fourth-order valence-electron chi connectivity index (χ4n) is 1.57. The highest BCUT2D eigenvalue weighted by atomic mass is 32.2. The summed E-state index contributed by atoms with van der Waals surface area (Å²) in [6.45, 7) is -0.633. The van der Waals surface area contributed by atoms with E-state index in [1.807, 2.05) is 0 Å². The Morgan fingerprint density at radius 3 is 1.68 bits per heavy atom. The number of sulfonamides is 2. The molecule has 2 heterocycles. The molecule has 0 bridgehead atoms. The van der Waals surface area contributed by atoms with Gasteiger partial charge in [0.25, 0.3) is 30.2 Å². The number of pyridine rings is 2. The third-order valence-electron chi connectivity index (χ3n) is 2.73. The molecule has 0 radical (unpaired) electrons. The smallest absolute Gasteiger partial charge is 0.264 e. The Hall–Kier alpha value is -2.01. The van der Waals surface area contributed by atoms with Gasteiger partial charge in [-0.3, -0.25) is 4.18 Å². The van der Waals surface area contributed by atoms with E-state index in [1.165, 1.54) is 36.4 Å². The summed E-state index contributed by atoms with van der Waals surface area (Å²) >= 11 is 0. The van der Waals surface area contributed by atoms with Crippen molar-refractivity contribution in [2.75, 3.05) is 6.26 Å².